The third-order valence-electron chi connectivity index (χ3n) is 7.40. The van der Waals surface area contributed by atoms with E-state index in [0.29, 0.717) is 0 Å². The minimum atomic E-state index is 0.976. The second-order valence-corrected chi connectivity index (χ2v) is 11.5. The monoisotopic (exact) mass is 498 g/mol. The molecular formula is C34H26S2. The lowest BCUT2D eigenvalue weighted by molar-refractivity contribution is 1.05. The van der Waals surface area contributed by atoms with Gasteiger partial charge in [0.05, 0.1) is 0 Å². The molecule has 2 aliphatic heterocycles. The third-order valence-corrected chi connectivity index (χ3v) is 9.67. The Balaban J connectivity index is 1.63. The van der Waals surface area contributed by atoms with E-state index in [1.165, 1.54) is 64.7 Å². The van der Waals surface area contributed by atoms with E-state index in [9.17, 15) is 0 Å². The van der Waals surface area contributed by atoms with Gasteiger partial charge in [-0.25, -0.2) is 0 Å². The highest BCUT2D eigenvalue weighted by atomic mass is 32.2. The van der Waals surface area contributed by atoms with Crippen LogP contribution in [0, 0.1) is 0 Å². The summed E-state index contributed by atoms with van der Waals surface area (Å²) in [5, 5.41) is 5.44. The van der Waals surface area contributed by atoms with Crippen LogP contribution in [0.3, 0.4) is 0 Å². The van der Waals surface area contributed by atoms with Gasteiger partial charge in [0.15, 0.2) is 0 Å². The van der Waals surface area contributed by atoms with Crippen LogP contribution in [-0.4, -0.2) is 0 Å². The van der Waals surface area contributed by atoms with E-state index >= 15 is 0 Å². The number of allylic oxidation sites excluding steroid dienone is 3. The number of fused-ring (bicyclic) bond motifs is 2. The van der Waals surface area contributed by atoms with Gasteiger partial charge in [0, 0.05) is 21.3 Å². The minimum Gasteiger partial charge on any atom is -0.121 e. The molecule has 0 amide bonds. The molecule has 8 rings (SSSR count). The summed E-state index contributed by atoms with van der Waals surface area (Å²) in [6.45, 7) is 0. The van der Waals surface area contributed by atoms with Crippen molar-refractivity contribution in [2.75, 3.05) is 0 Å². The fourth-order valence-electron chi connectivity index (χ4n) is 5.72. The van der Waals surface area contributed by atoms with E-state index < -0.39 is 0 Å². The lowest BCUT2D eigenvalue weighted by Gasteiger charge is -2.24. The molecule has 0 radical (unpaired) electrons. The van der Waals surface area contributed by atoms with Gasteiger partial charge in [-0.3, -0.25) is 0 Å². The van der Waals surface area contributed by atoms with Crippen LogP contribution in [0.2, 0.25) is 0 Å². The molecule has 5 aromatic carbocycles. The lowest BCUT2D eigenvalue weighted by atomic mass is 9.84. The Hall–Kier alpha value is -3.20. The first-order valence-corrected chi connectivity index (χ1v) is 14.6. The van der Waals surface area contributed by atoms with Crippen LogP contribution >= 0.6 is 23.5 Å². The molecule has 0 nitrogen and oxygen atoms in total. The van der Waals surface area contributed by atoms with Gasteiger partial charge in [-0.1, -0.05) is 103 Å². The van der Waals surface area contributed by atoms with E-state index in [0.717, 1.165) is 24.3 Å². The van der Waals surface area contributed by atoms with Crippen molar-refractivity contribution in [1.29, 1.82) is 0 Å². The highest BCUT2D eigenvalue weighted by molar-refractivity contribution is 8.02. The van der Waals surface area contributed by atoms with Gasteiger partial charge in [-0.15, -0.1) is 23.5 Å². The second-order valence-electron chi connectivity index (χ2n) is 9.47. The van der Waals surface area contributed by atoms with Gasteiger partial charge in [-0.05, 0) is 73.8 Å². The molecular weight excluding hydrogens is 473 g/mol. The fourth-order valence-corrected chi connectivity index (χ4v) is 7.97. The average molecular weight is 499 g/mol. The minimum absolute atomic E-state index is 0.976. The topological polar surface area (TPSA) is 0 Å². The number of hydrogen-bond donors (Lipinski definition) is 0. The van der Waals surface area contributed by atoms with Crippen molar-refractivity contribution < 1.29 is 0 Å². The average Bonchev–Trinajstić information content (AvgIpc) is 2.94. The standard InChI is InChI=1S/C34H26S2/c1-2-12-24-22-36-32-20-10-8-18-30(32)34-27-15-5-3-13-25(27)33(26-14-4-6-16-28(26)34)29-17-7-9-19-31(29)35-21-23(24)11-1/h1-7,9-17,19-20H,8,18,21-22H2. The molecule has 0 N–H and O–H groups in total. The van der Waals surface area contributed by atoms with Crippen LogP contribution in [-0.2, 0) is 11.5 Å². The van der Waals surface area contributed by atoms with Gasteiger partial charge < -0.3 is 0 Å². The molecule has 0 atom stereocenters. The fraction of sp³-hybridized carbons (Fsp3) is 0.118. The van der Waals surface area contributed by atoms with Gasteiger partial charge >= 0.3 is 0 Å². The normalized spacial score (nSPS) is 15.4. The first-order chi connectivity index (χ1) is 17.9. The summed E-state index contributed by atoms with van der Waals surface area (Å²) in [6.07, 6.45) is 6.91. The summed E-state index contributed by atoms with van der Waals surface area (Å²) in [4.78, 5) is 2.77. The maximum Gasteiger partial charge on any atom is 0.0235 e. The summed E-state index contributed by atoms with van der Waals surface area (Å²) in [7, 11) is 0. The predicted molar refractivity (Wildman–Crippen MR) is 159 cm³/mol. The SMILES string of the molecule is C1=CC2=C(CC1)c1c3ccccc3c(c3ccccc13)-c1ccccc1SCc1ccccc1CS2. The molecule has 0 saturated carbocycles. The molecule has 2 heteroatoms. The molecule has 2 heterocycles. The van der Waals surface area contributed by atoms with E-state index in [1.54, 1.807) is 0 Å². The van der Waals surface area contributed by atoms with E-state index in [-0.39, 0.29) is 0 Å². The highest BCUT2D eigenvalue weighted by Crippen LogP contribution is 2.48. The van der Waals surface area contributed by atoms with Crippen LogP contribution in [0.4, 0.5) is 0 Å². The molecule has 0 fully saturated rings. The Labute approximate surface area is 221 Å². The van der Waals surface area contributed by atoms with Crippen LogP contribution in [0.5, 0.6) is 0 Å². The molecule has 2 bridgehead atoms. The predicted octanol–water partition coefficient (Wildman–Crippen LogP) is 10.3. The molecule has 36 heavy (non-hydrogen) atoms. The maximum absolute atomic E-state index is 2.37. The lowest BCUT2D eigenvalue weighted by Crippen LogP contribution is -1.99. The molecule has 174 valence electrons. The van der Waals surface area contributed by atoms with E-state index in [4.69, 9.17) is 0 Å². The Morgan fingerprint density at radius 3 is 1.78 bits per heavy atom. The van der Waals surface area contributed by atoms with Crippen molar-refractivity contribution in [3.05, 3.63) is 131 Å². The Kier molecular flexibility index (Phi) is 5.72. The zero-order chi connectivity index (χ0) is 23.9. The molecule has 1 aliphatic carbocycles. The van der Waals surface area contributed by atoms with Crippen LogP contribution in [0.1, 0.15) is 29.5 Å². The molecule has 5 aromatic rings. The Bertz CT molecular complexity index is 1630. The molecule has 0 aromatic heterocycles. The number of rotatable bonds is 0. The summed E-state index contributed by atoms with van der Waals surface area (Å²) >= 11 is 3.96. The number of hydrogen-bond acceptors (Lipinski definition) is 2. The van der Waals surface area contributed by atoms with E-state index in [2.05, 4.69) is 109 Å². The summed E-state index contributed by atoms with van der Waals surface area (Å²) in [6, 6.07) is 36.1. The maximum atomic E-state index is 2.37. The van der Waals surface area contributed by atoms with Gasteiger partial charge in [0.2, 0.25) is 0 Å². The van der Waals surface area contributed by atoms with Crippen molar-refractivity contribution in [3.63, 3.8) is 0 Å². The smallest absolute Gasteiger partial charge is 0.0235 e. The molecule has 0 unspecified atom stereocenters. The van der Waals surface area contributed by atoms with Crippen LogP contribution < -0.4 is 0 Å². The van der Waals surface area contributed by atoms with Crippen molar-refractivity contribution in [2.24, 2.45) is 0 Å². The van der Waals surface area contributed by atoms with Crippen molar-refractivity contribution in [1.82, 2.24) is 0 Å². The van der Waals surface area contributed by atoms with Crippen LogP contribution in [0.15, 0.2) is 119 Å². The van der Waals surface area contributed by atoms with Gasteiger partial charge in [0.25, 0.3) is 0 Å². The molecule has 0 saturated heterocycles. The third kappa shape index (κ3) is 3.72. The molecule has 3 aliphatic rings. The van der Waals surface area contributed by atoms with Crippen molar-refractivity contribution in [2.45, 2.75) is 29.2 Å². The van der Waals surface area contributed by atoms with Crippen LogP contribution in [0.25, 0.3) is 38.2 Å². The largest absolute Gasteiger partial charge is 0.121 e. The summed E-state index contributed by atoms with van der Waals surface area (Å²) in [5.41, 5.74) is 8.50. The number of benzene rings is 5. The quantitative estimate of drug-likeness (QED) is 0.195. The Morgan fingerprint density at radius 2 is 1.08 bits per heavy atom. The first-order valence-electron chi connectivity index (χ1n) is 12.6. The Morgan fingerprint density at radius 1 is 0.528 bits per heavy atom. The van der Waals surface area contributed by atoms with Crippen molar-refractivity contribution in [3.8, 4) is 11.1 Å². The van der Waals surface area contributed by atoms with E-state index in [1.807, 2.05) is 23.5 Å². The van der Waals surface area contributed by atoms with Crippen molar-refractivity contribution >= 4 is 50.6 Å². The van der Waals surface area contributed by atoms with Gasteiger partial charge in [0.1, 0.15) is 0 Å². The van der Waals surface area contributed by atoms with Gasteiger partial charge in [-0.2, -0.15) is 0 Å². The molecule has 0 spiro atoms. The summed E-state index contributed by atoms with van der Waals surface area (Å²) < 4.78 is 0. The number of thioether (sulfide) groups is 2. The zero-order valence-corrected chi connectivity index (χ0v) is 21.7. The summed E-state index contributed by atoms with van der Waals surface area (Å²) in [5.74, 6) is 1.97. The first kappa shape index (κ1) is 22.0. The second kappa shape index (κ2) is 9.35. The highest BCUT2D eigenvalue weighted by Gasteiger charge is 2.22. The zero-order valence-electron chi connectivity index (χ0n) is 20.0.